The Kier molecular flexibility index (Phi) is 5.55. The number of carbonyl (C=O) groups excluding carboxylic acids is 1. The summed E-state index contributed by atoms with van der Waals surface area (Å²) in [5.41, 5.74) is 1.97. The normalized spacial score (nSPS) is 12.2. The van der Waals surface area contributed by atoms with Crippen LogP contribution in [0.25, 0.3) is 21.9 Å². The number of hydrogen-bond acceptors (Lipinski definition) is 6. The first kappa shape index (κ1) is 21.9. The summed E-state index contributed by atoms with van der Waals surface area (Å²) in [6, 6.07) is 6.57. The third-order valence-electron chi connectivity index (χ3n) is 5.65. The van der Waals surface area contributed by atoms with Gasteiger partial charge in [-0.1, -0.05) is 0 Å². The number of carbonyl (C=O) groups is 2. The van der Waals surface area contributed by atoms with Crippen molar-refractivity contribution in [2.75, 3.05) is 0 Å². The molecule has 0 saturated carbocycles. The van der Waals surface area contributed by atoms with Crippen molar-refractivity contribution < 1.29 is 29.3 Å². The Balaban J connectivity index is 1.59. The molecule has 0 saturated heterocycles. The number of aromatic amines is 1. The fourth-order valence-electron chi connectivity index (χ4n) is 4.02. The van der Waals surface area contributed by atoms with E-state index in [1.165, 1.54) is 18.2 Å². The first-order valence-electron chi connectivity index (χ1n) is 10.2. The second kappa shape index (κ2) is 8.34. The molecule has 2 aromatic heterocycles. The minimum atomic E-state index is -1.26. The predicted molar refractivity (Wildman–Crippen MR) is 121 cm³/mol. The Morgan fingerprint density at radius 1 is 1.15 bits per heavy atom. The van der Waals surface area contributed by atoms with Crippen LogP contribution < -0.4 is 10.9 Å². The number of phenols is 2. The zero-order chi connectivity index (χ0) is 23.9. The number of aromatic nitrogens is 1. The zero-order valence-corrected chi connectivity index (χ0v) is 17.9. The van der Waals surface area contributed by atoms with E-state index >= 15 is 0 Å². The van der Waals surface area contributed by atoms with Crippen molar-refractivity contribution in [2.24, 2.45) is 0 Å². The molecule has 0 radical (unpaired) electrons. The van der Waals surface area contributed by atoms with Crippen LogP contribution in [0.1, 0.15) is 22.3 Å². The smallest absolute Gasteiger partial charge is 0.340 e. The molecule has 1 amide bonds. The van der Waals surface area contributed by atoms with Crippen LogP contribution in [0.15, 0.2) is 45.7 Å². The van der Waals surface area contributed by atoms with Gasteiger partial charge in [0.1, 0.15) is 23.1 Å². The van der Waals surface area contributed by atoms with Crippen molar-refractivity contribution in [1.29, 1.82) is 0 Å². The lowest BCUT2D eigenvalue weighted by Crippen LogP contribution is -2.43. The summed E-state index contributed by atoms with van der Waals surface area (Å²) >= 11 is 0. The van der Waals surface area contributed by atoms with Gasteiger partial charge in [0, 0.05) is 23.5 Å². The molecule has 2 aromatic carbocycles. The Morgan fingerprint density at radius 2 is 1.91 bits per heavy atom. The number of phenolic OH excluding ortho intramolecular Hbond substituents is 2. The number of carboxylic acid groups (broad SMARTS) is 1. The number of amides is 1. The number of aryl methyl sites for hydroxylation is 2. The lowest BCUT2D eigenvalue weighted by atomic mass is 10.0. The molecule has 0 aliphatic rings. The molecule has 0 unspecified atom stereocenters. The van der Waals surface area contributed by atoms with Crippen molar-refractivity contribution in [2.45, 2.75) is 32.7 Å². The number of aliphatic carboxylic acids is 1. The molecule has 0 fully saturated rings. The van der Waals surface area contributed by atoms with Gasteiger partial charge in [-0.3, -0.25) is 4.79 Å². The summed E-state index contributed by atoms with van der Waals surface area (Å²) < 4.78 is 5.29. The number of fused-ring (bicyclic) bond motifs is 2. The van der Waals surface area contributed by atoms with E-state index < -0.39 is 30.0 Å². The number of nitrogens with one attached hydrogen (secondary N) is 2. The molecule has 4 aromatic rings. The number of rotatable bonds is 6. The van der Waals surface area contributed by atoms with Crippen LogP contribution in [0, 0.1) is 13.8 Å². The SMILES string of the molecule is Cc1cc(O)c2c(C)c(CC(=O)N[C@@H](Cc3c[nH]c4ccc(O)cc34)C(=O)O)c(=O)oc2c1. The Hall–Kier alpha value is -4.27. The van der Waals surface area contributed by atoms with Gasteiger partial charge in [0.2, 0.25) is 5.91 Å². The van der Waals surface area contributed by atoms with E-state index in [1.807, 2.05) is 0 Å². The van der Waals surface area contributed by atoms with E-state index in [2.05, 4.69) is 10.3 Å². The van der Waals surface area contributed by atoms with Gasteiger partial charge in [-0.15, -0.1) is 0 Å². The number of aromatic hydroxyl groups is 2. The monoisotopic (exact) mass is 450 g/mol. The molecule has 5 N–H and O–H groups in total. The van der Waals surface area contributed by atoms with Crippen molar-refractivity contribution in [3.63, 3.8) is 0 Å². The first-order valence-corrected chi connectivity index (χ1v) is 10.2. The second-order valence-corrected chi connectivity index (χ2v) is 8.03. The Bertz CT molecular complexity index is 1470. The number of carboxylic acids is 1. The summed E-state index contributed by atoms with van der Waals surface area (Å²) in [7, 11) is 0. The topological polar surface area (TPSA) is 153 Å². The van der Waals surface area contributed by atoms with E-state index in [4.69, 9.17) is 4.42 Å². The van der Waals surface area contributed by atoms with Gasteiger partial charge >= 0.3 is 11.6 Å². The number of H-pyrrole nitrogens is 1. The summed E-state index contributed by atoms with van der Waals surface area (Å²) in [5.74, 6) is -1.95. The molecule has 0 spiro atoms. The molecule has 9 heteroatoms. The summed E-state index contributed by atoms with van der Waals surface area (Å²) in [6.45, 7) is 3.35. The van der Waals surface area contributed by atoms with Crippen LogP contribution in [0.4, 0.5) is 0 Å². The van der Waals surface area contributed by atoms with Crippen molar-refractivity contribution in [1.82, 2.24) is 10.3 Å². The average Bonchev–Trinajstić information content (AvgIpc) is 3.11. The fourth-order valence-corrected chi connectivity index (χ4v) is 4.02. The highest BCUT2D eigenvalue weighted by atomic mass is 16.4. The van der Waals surface area contributed by atoms with E-state index in [0.29, 0.717) is 27.5 Å². The lowest BCUT2D eigenvalue weighted by Gasteiger charge is -2.15. The molecule has 0 aliphatic carbocycles. The van der Waals surface area contributed by atoms with Gasteiger partial charge in [-0.25, -0.2) is 9.59 Å². The minimum Gasteiger partial charge on any atom is -0.508 e. The van der Waals surface area contributed by atoms with Crippen LogP contribution in [0.5, 0.6) is 11.5 Å². The Labute approximate surface area is 187 Å². The van der Waals surface area contributed by atoms with E-state index in [-0.39, 0.29) is 29.1 Å². The van der Waals surface area contributed by atoms with Gasteiger partial charge in [0.15, 0.2) is 0 Å². The van der Waals surface area contributed by atoms with Crippen LogP contribution in [0.2, 0.25) is 0 Å². The van der Waals surface area contributed by atoms with E-state index in [0.717, 1.165) is 5.52 Å². The third kappa shape index (κ3) is 4.25. The summed E-state index contributed by atoms with van der Waals surface area (Å²) in [6.07, 6.45) is 1.19. The maximum absolute atomic E-state index is 12.7. The first-order chi connectivity index (χ1) is 15.6. The second-order valence-electron chi connectivity index (χ2n) is 8.03. The predicted octanol–water partition coefficient (Wildman–Crippen LogP) is 2.66. The van der Waals surface area contributed by atoms with Crippen LogP contribution in [-0.2, 0) is 22.4 Å². The van der Waals surface area contributed by atoms with Crippen molar-refractivity contribution in [3.8, 4) is 11.5 Å². The fraction of sp³-hybridized carbons (Fsp3) is 0.208. The highest BCUT2D eigenvalue weighted by Crippen LogP contribution is 2.30. The van der Waals surface area contributed by atoms with Gasteiger partial charge in [0.05, 0.1) is 17.4 Å². The molecule has 0 aliphatic heterocycles. The molecule has 33 heavy (non-hydrogen) atoms. The molecular formula is C24H22N2O7. The van der Waals surface area contributed by atoms with Gasteiger partial charge in [-0.05, 0) is 60.9 Å². The molecule has 4 rings (SSSR count). The van der Waals surface area contributed by atoms with Crippen LogP contribution in [-0.4, -0.2) is 38.2 Å². The Morgan fingerprint density at radius 3 is 2.64 bits per heavy atom. The third-order valence-corrected chi connectivity index (χ3v) is 5.65. The van der Waals surface area contributed by atoms with Crippen LogP contribution >= 0.6 is 0 Å². The molecular weight excluding hydrogens is 428 g/mol. The molecule has 1 atom stereocenters. The largest absolute Gasteiger partial charge is 0.508 e. The molecule has 9 nitrogen and oxygen atoms in total. The standard InChI is InChI=1S/C24H22N2O7/c1-11-5-19(28)22-12(2)15(24(32)33-20(22)6-11)9-21(29)26-18(23(30)31)7-13-10-25-17-4-3-14(27)8-16(13)17/h3-6,8,10,18,25,27-28H,7,9H2,1-2H3,(H,26,29)(H,30,31)/t18-/m0/s1. The molecule has 0 bridgehead atoms. The lowest BCUT2D eigenvalue weighted by molar-refractivity contribution is -0.141. The molecule has 2 heterocycles. The quantitative estimate of drug-likeness (QED) is 0.283. The maximum Gasteiger partial charge on any atom is 0.340 e. The van der Waals surface area contributed by atoms with Crippen LogP contribution in [0.3, 0.4) is 0 Å². The van der Waals surface area contributed by atoms with Crippen molar-refractivity contribution in [3.05, 3.63) is 69.2 Å². The van der Waals surface area contributed by atoms with Gasteiger partial charge in [-0.2, -0.15) is 0 Å². The number of hydrogen-bond donors (Lipinski definition) is 5. The summed E-state index contributed by atoms with van der Waals surface area (Å²) in [4.78, 5) is 40.0. The zero-order valence-electron chi connectivity index (χ0n) is 17.9. The molecule has 170 valence electrons. The highest BCUT2D eigenvalue weighted by molar-refractivity contribution is 5.91. The van der Waals surface area contributed by atoms with E-state index in [1.54, 1.807) is 32.2 Å². The highest BCUT2D eigenvalue weighted by Gasteiger charge is 2.24. The van der Waals surface area contributed by atoms with Gasteiger partial charge in [0.25, 0.3) is 0 Å². The van der Waals surface area contributed by atoms with E-state index in [9.17, 15) is 29.7 Å². The minimum absolute atomic E-state index is 0.0318. The van der Waals surface area contributed by atoms with Gasteiger partial charge < -0.3 is 30.0 Å². The number of benzene rings is 2. The summed E-state index contributed by atoms with van der Waals surface area (Å²) in [5, 5.41) is 33.1. The van der Waals surface area contributed by atoms with Crippen molar-refractivity contribution >= 4 is 33.7 Å². The average molecular weight is 450 g/mol. The maximum atomic E-state index is 12.7.